The van der Waals surface area contributed by atoms with Gasteiger partial charge in [-0.15, -0.1) is 0 Å². The number of aryl methyl sites for hydroxylation is 1. The molecule has 0 spiro atoms. The summed E-state index contributed by atoms with van der Waals surface area (Å²) in [5.41, 5.74) is 2.30. The summed E-state index contributed by atoms with van der Waals surface area (Å²) in [7, 11) is 0. The Bertz CT molecular complexity index is 278. The Kier molecular flexibility index (Phi) is 2.53. The van der Waals surface area contributed by atoms with Crippen LogP contribution in [0.15, 0.2) is 24.3 Å². The van der Waals surface area contributed by atoms with Gasteiger partial charge in [0.2, 0.25) is 0 Å². The number of benzene rings is 1. The molecule has 0 amide bonds. The summed E-state index contributed by atoms with van der Waals surface area (Å²) in [5, 5.41) is 0. The van der Waals surface area contributed by atoms with Crippen LogP contribution in [0.5, 0.6) is 0 Å². The largest absolute Gasteiger partial charge is 0.0619 e. The van der Waals surface area contributed by atoms with Gasteiger partial charge in [-0.1, -0.05) is 24.1 Å². The second kappa shape index (κ2) is 3.43. The van der Waals surface area contributed by atoms with E-state index in [-0.39, 0.29) is 0 Å². The lowest BCUT2D eigenvalue weighted by Crippen LogP contribution is -1.77. The molecule has 0 saturated carbocycles. The van der Waals surface area contributed by atoms with Gasteiger partial charge < -0.3 is 0 Å². The summed E-state index contributed by atoms with van der Waals surface area (Å²) < 4.78 is 0. The van der Waals surface area contributed by atoms with Gasteiger partial charge in [0, 0.05) is 21.5 Å². The molecule has 1 rings (SSSR count). The molecule has 0 aliphatic heterocycles. The van der Waals surface area contributed by atoms with Crippen molar-refractivity contribution in [1.82, 2.24) is 0 Å². The maximum atomic E-state index is 3.06. The molecule has 0 aromatic heterocycles. The highest BCUT2D eigenvalue weighted by Gasteiger charge is 1.88. The van der Waals surface area contributed by atoms with Crippen LogP contribution in [-0.2, 0) is 0 Å². The number of rotatable bonds is 0. The monoisotopic (exact) mass is 194 g/mol. The van der Waals surface area contributed by atoms with Crippen LogP contribution in [0.3, 0.4) is 0 Å². The molecule has 0 radical (unpaired) electrons. The molecule has 0 aliphatic carbocycles. The highest BCUT2D eigenvalue weighted by molar-refractivity contribution is 9.12. The highest BCUT2D eigenvalue weighted by Crippen LogP contribution is 2.04. The molecule has 0 nitrogen and oxygen atoms in total. The zero-order valence-corrected chi connectivity index (χ0v) is 7.27. The van der Waals surface area contributed by atoms with Crippen LogP contribution < -0.4 is 0 Å². The van der Waals surface area contributed by atoms with E-state index in [1.807, 2.05) is 31.2 Å². The van der Waals surface area contributed by atoms with E-state index in [0.29, 0.717) is 0 Å². The topological polar surface area (TPSA) is 0 Å². The Morgan fingerprint density at radius 3 is 2.60 bits per heavy atom. The maximum absolute atomic E-state index is 3.06. The van der Waals surface area contributed by atoms with Crippen molar-refractivity contribution >= 4 is 15.9 Å². The van der Waals surface area contributed by atoms with Gasteiger partial charge in [-0.05, 0) is 23.4 Å². The first-order chi connectivity index (χ1) is 4.84. The first kappa shape index (κ1) is 7.37. The molecule has 1 aromatic rings. The van der Waals surface area contributed by atoms with Crippen molar-refractivity contribution < 1.29 is 0 Å². The van der Waals surface area contributed by atoms with E-state index >= 15 is 0 Å². The van der Waals surface area contributed by atoms with Crippen molar-refractivity contribution in [2.24, 2.45) is 0 Å². The Hall–Kier alpha value is -0.740. The van der Waals surface area contributed by atoms with E-state index in [9.17, 15) is 0 Å². The molecule has 0 unspecified atom stereocenters. The van der Waals surface area contributed by atoms with E-state index in [2.05, 4.69) is 26.7 Å². The van der Waals surface area contributed by atoms with Gasteiger partial charge >= 0.3 is 0 Å². The standard InChI is InChI=1S/C9H7Br/c1-8-4-2-3-5-9(8)6-7-10/h2-5H,1H3. The Morgan fingerprint density at radius 1 is 1.30 bits per heavy atom. The lowest BCUT2D eigenvalue weighted by atomic mass is 10.1. The van der Waals surface area contributed by atoms with E-state index in [0.717, 1.165) is 5.56 Å². The molecular formula is C9H7Br. The molecule has 1 heteroatoms. The number of halogens is 1. The molecule has 0 aliphatic rings. The zero-order valence-electron chi connectivity index (χ0n) is 5.69. The lowest BCUT2D eigenvalue weighted by molar-refractivity contribution is 1.44. The molecule has 0 atom stereocenters. The summed E-state index contributed by atoms with van der Waals surface area (Å²) in [6.07, 6.45) is 0. The fourth-order valence-corrected chi connectivity index (χ4v) is 0.978. The molecular weight excluding hydrogens is 188 g/mol. The van der Waals surface area contributed by atoms with Gasteiger partial charge in [-0.3, -0.25) is 0 Å². The maximum Gasteiger partial charge on any atom is 0.0283 e. The van der Waals surface area contributed by atoms with Gasteiger partial charge in [0.05, 0.1) is 0 Å². The second-order valence-corrected chi connectivity index (χ2v) is 2.43. The SMILES string of the molecule is Cc1ccccc1C#CBr. The van der Waals surface area contributed by atoms with Crippen LogP contribution in [0.4, 0.5) is 0 Å². The summed E-state index contributed by atoms with van der Waals surface area (Å²) >= 11 is 3.06. The molecule has 50 valence electrons. The smallest absolute Gasteiger partial charge is 0.0283 e. The molecule has 1 aromatic carbocycles. The summed E-state index contributed by atoms with van der Waals surface area (Å²) in [5.74, 6) is 2.94. The van der Waals surface area contributed by atoms with E-state index in [4.69, 9.17) is 0 Å². The van der Waals surface area contributed by atoms with Crippen molar-refractivity contribution in [2.75, 3.05) is 0 Å². The summed E-state index contributed by atoms with van der Waals surface area (Å²) in [4.78, 5) is 2.69. The first-order valence-corrected chi connectivity index (χ1v) is 3.81. The van der Waals surface area contributed by atoms with Crippen LogP contribution in [0.2, 0.25) is 0 Å². The second-order valence-electron chi connectivity index (χ2n) is 2.03. The third-order valence-electron chi connectivity index (χ3n) is 1.33. The molecule has 0 fully saturated rings. The molecule has 0 N–H and O–H groups in total. The van der Waals surface area contributed by atoms with Crippen LogP contribution in [-0.4, -0.2) is 0 Å². The zero-order chi connectivity index (χ0) is 7.40. The molecule has 0 bridgehead atoms. The van der Waals surface area contributed by atoms with Crippen molar-refractivity contribution in [2.45, 2.75) is 6.92 Å². The van der Waals surface area contributed by atoms with Crippen molar-refractivity contribution in [1.29, 1.82) is 0 Å². The fraction of sp³-hybridized carbons (Fsp3) is 0.111. The quantitative estimate of drug-likeness (QED) is 0.558. The Balaban J connectivity index is 3.11. The van der Waals surface area contributed by atoms with E-state index in [1.165, 1.54) is 5.56 Å². The van der Waals surface area contributed by atoms with Crippen LogP contribution in [0.25, 0.3) is 0 Å². The Labute approximate surface area is 69.4 Å². The summed E-state index contributed by atoms with van der Waals surface area (Å²) in [6, 6.07) is 8.05. The minimum atomic E-state index is 1.08. The number of hydrogen-bond donors (Lipinski definition) is 0. The predicted octanol–water partition coefficient (Wildman–Crippen LogP) is 2.70. The average Bonchev–Trinajstić information content (AvgIpc) is 1.94. The van der Waals surface area contributed by atoms with Crippen LogP contribution in [0.1, 0.15) is 11.1 Å². The fourth-order valence-electron chi connectivity index (χ4n) is 0.764. The predicted molar refractivity (Wildman–Crippen MR) is 47.0 cm³/mol. The molecule has 0 heterocycles. The van der Waals surface area contributed by atoms with E-state index in [1.54, 1.807) is 0 Å². The molecule has 0 saturated heterocycles. The van der Waals surface area contributed by atoms with Gasteiger partial charge in [-0.25, -0.2) is 0 Å². The first-order valence-electron chi connectivity index (χ1n) is 3.02. The van der Waals surface area contributed by atoms with Gasteiger partial charge in [-0.2, -0.15) is 0 Å². The van der Waals surface area contributed by atoms with Gasteiger partial charge in [0.25, 0.3) is 0 Å². The third-order valence-corrected chi connectivity index (χ3v) is 1.53. The Morgan fingerprint density at radius 2 is 2.00 bits per heavy atom. The average molecular weight is 195 g/mol. The number of hydrogen-bond acceptors (Lipinski definition) is 0. The minimum absolute atomic E-state index is 1.08. The normalized spacial score (nSPS) is 8.20. The minimum Gasteiger partial charge on any atom is -0.0619 e. The molecule has 10 heavy (non-hydrogen) atoms. The van der Waals surface area contributed by atoms with Crippen LogP contribution in [0, 0.1) is 17.7 Å². The lowest BCUT2D eigenvalue weighted by Gasteiger charge is -1.93. The van der Waals surface area contributed by atoms with Crippen molar-refractivity contribution in [3.8, 4) is 10.8 Å². The van der Waals surface area contributed by atoms with E-state index < -0.39 is 0 Å². The third kappa shape index (κ3) is 1.62. The highest BCUT2D eigenvalue weighted by atomic mass is 79.9. The van der Waals surface area contributed by atoms with Gasteiger partial charge in [0.15, 0.2) is 0 Å². The van der Waals surface area contributed by atoms with Crippen LogP contribution >= 0.6 is 15.9 Å². The van der Waals surface area contributed by atoms with Gasteiger partial charge in [0.1, 0.15) is 0 Å². The van der Waals surface area contributed by atoms with Crippen molar-refractivity contribution in [3.63, 3.8) is 0 Å². The van der Waals surface area contributed by atoms with Crippen molar-refractivity contribution in [3.05, 3.63) is 35.4 Å². The summed E-state index contributed by atoms with van der Waals surface area (Å²) in [6.45, 7) is 2.05.